The molecule has 0 unspecified atom stereocenters. The monoisotopic (exact) mass is 125 g/mol. The first-order chi connectivity index (χ1) is 4.18. The Morgan fingerprint density at radius 3 is 2.22 bits per heavy atom. The topological polar surface area (TPSA) is 3.24 Å². The van der Waals surface area contributed by atoms with Crippen LogP contribution in [0.2, 0.25) is 0 Å². The normalized spacial score (nSPS) is 12.7. The molecule has 0 saturated heterocycles. The van der Waals surface area contributed by atoms with Crippen LogP contribution in [0.1, 0.15) is 13.8 Å². The van der Waals surface area contributed by atoms with Crippen molar-refractivity contribution in [3.63, 3.8) is 0 Å². The lowest BCUT2D eigenvalue weighted by Crippen LogP contribution is -2.07. The Balaban J connectivity index is 3.84. The van der Waals surface area contributed by atoms with Gasteiger partial charge in [0.25, 0.3) is 0 Å². The minimum absolute atomic E-state index is 1.27. The molecule has 0 heterocycles. The first kappa shape index (κ1) is 8.28. The number of hydrogen-bond donors (Lipinski definition) is 0. The Kier molecular flexibility index (Phi) is 3.85. The van der Waals surface area contributed by atoms with Crippen LogP contribution in [0.15, 0.2) is 23.9 Å². The van der Waals surface area contributed by atoms with E-state index < -0.39 is 0 Å². The lowest BCUT2D eigenvalue weighted by atomic mass is 10.4. The van der Waals surface area contributed by atoms with Crippen LogP contribution in [0.4, 0.5) is 0 Å². The molecule has 0 aromatic carbocycles. The van der Waals surface area contributed by atoms with E-state index in [-0.39, 0.29) is 0 Å². The highest BCUT2D eigenvalue weighted by Crippen LogP contribution is 1.94. The fraction of sp³-hybridized carbons (Fsp3) is 0.500. The number of hydrogen-bond acceptors (Lipinski definition) is 1. The lowest BCUT2D eigenvalue weighted by Gasteiger charge is -2.10. The maximum absolute atomic E-state index is 2.08. The summed E-state index contributed by atoms with van der Waals surface area (Å²) in [5.74, 6) is 0. The lowest BCUT2D eigenvalue weighted by molar-refractivity contribution is 0.514. The third-order valence-electron chi connectivity index (χ3n) is 1.24. The maximum Gasteiger partial charge on any atom is 0.00957 e. The first-order valence-electron chi connectivity index (χ1n) is 3.15. The minimum Gasteiger partial charge on any atom is -0.381 e. The molecule has 9 heavy (non-hydrogen) atoms. The zero-order valence-corrected chi connectivity index (χ0v) is 6.68. The SMILES string of the molecule is C/C=C\C=C(/C)N(C)C. The molecule has 1 nitrogen and oxygen atoms in total. The van der Waals surface area contributed by atoms with Crippen molar-refractivity contribution in [2.75, 3.05) is 14.1 Å². The van der Waals surface area contributed by atoms with Crippen molar-refractivity contribution in [2.45, 2.75) is 13.8 Å². The quantitative estimate of drug-likeness (QED) is 0.510. The summed E-state index contributed by atoms with van der Waals surface area (Å²) in [6.07, 6.45) is 6.14. The van der Waals surface area contributed by atoms with Crippen molar-refractivity contribution in [1.82, 2.24) is 4.90 Å². The van der Waals surface area contributed by atoms with E-state index >= 15 is 0 Å². The van der Waals surface area contributed by atoms with Gasteiger partial charge in [0, 0.05) is 19.8 Å². The van der Waals surface area contributed by atoms with E-state index in [1.54, 1.807) is 0 Å². The van der Waals surface area contributed by atoms with Gasteiger partial charge in [-0.05, 0) is 19.9 Å². The maximum atomic E-state index is 2.08. The molecular formula is C8H15N. The second kappa shape index (κ2) is 4.19. The number of allylic oxidation sites excluding steroid dienone is 4. The Morgan fingerprint density at radius 1 is 1.33 bits per heavy atom. The minimum atomic E-state index is 1.27. The molecule has 0 aliphatic carbocycles. The number of rotatable bonds is 2. The van der Waals surface area contributed by atoms with Crippen LogP contribution in [0.25, 0.3) is 0 Å². The van der Waals surface area contributed by atoms with Gasteiger partial charge in [-0.25, -0.2) is 0 Å². The van der Waals surface area contributed by atoms with Crippen LogP contribution in [0.3, 0.4) is 0 Å². The van der Waals surface area contributed by atoms with Crippen LogP contribution in [-0.2, 0) is 0 Å². The molecule has 0 N–H and O–H groups in total. The summed E-state index contributed by atoms with van der Waals surface area (Å²) in [5.41, 5.74) is 1.27. The van der Waals surface area contributed by atoms with E-state index in [0.717, 1.165) is 0 Å². The first-order valence-corrected chi connectivity index (χ1v) is 3.15. The summed E-state index contributed by atoms with van der Waals surface area (Å²) >= 11 is 0. The van der Waals surface area contributed by atoms with Crippen LogP contribution in [0.5, 0.6) is 0 Å². The zero-order valence-electron chi connectivity index (χ0n) is 6.68. The van der Waals surface area contributed by atoms with Gasteiger partial charge in [0.1, 0.15) is 0 Å². The Hall–Kier alpha value is -0.720. The van der Waals surface area contributed by atoms with Crippen molar-refractivity contribution in [1.29, 1.82) is 0 Å². The van der Waals surface area contributed by atoms with E-state index in [1.807, 2.05) is 33.2 Å². The van der Waals surface area contributed by atoms with E-state index in [2.05, 4.69) is 17.9 Å². The highest BCUT2D eigenvalue weighted by molar-refractivity contribution is 5.07. The largest absolute Gasteiger partial charge is 0.381 e. The average Bonchev–Trinajstić information content (AvgIpc) is 1.82. The predicted octanol–water partition coefficient (Wildman–Crippen LogP) is 2.03. The van der Waals surface area contributed by atoms with E-state index in [9.17, 15) is 0 Å². The fourth-order valence-corrected chi connectivity index (χ4v) is 0.385. The van der Waals surface area contributed by atoms with Gasteiger partial charge in [-0.2, -0.15) is 0 Å². The Labute approximate surface area is 57.7 Å². The smallest absolute Gasteiger partial charge is 0.00957 e. The molecular weight excluding hydrogens is 110 g/mol. The van der Waals surface area contributed by atoms with Gasteiger partial charge in [0.2, 0.25) is 0 Å². The summed E-state index contributed by atoms with van der Waals surface area (Å²) in [4.78, 5) is 2.08. The van der Waals surface area contributed by atoms with Gasteiger partial charge in [-0.15, -0.1) is 0 Å². The highest BCUT2D eigenvalue weighted by Gasteiger charge is 1.84. The molecule has 0 spiro atoms. The average molecular weight is 125 g/mol. The molecule has 0 aromatic rings. The molecule has 0 atom stereocenters. The van der Waals surface area contributed by atoms with E-state index in [1.165, 1.54) is 5.70 Å². The summed E-state index contributed by atoms with van der Waals surface area (Å²) in [7, 11) is 4.07. The van der Waals surface area contributed by atoms with Crippen molar-refractivity contribution in [3.05, 3.63) is 23.9 Å². The Morgan fingerprint density at radius 2 is 1.89 bits per heavy atom. The molecule has 0 fully saturated rings. The molecule has 0 aromatic heterocycles. The van der Waals surface area contributed by atoms with Gasteiger partial charge in [-0.3, -0.25) is 0 Å². The van der Waals surface area contributed by atoms with Crippen molar-refractivity contribution in [2.24, 2.45) is 0 Å². The second-order valence-corrected chi connectivity index (χ2v) is 2.23. The summed E-state index contributed by atoms with van der Waals surface area (Å²) < 4.78 is 0. The van der Waals surface area contributed by atoms with E-state index in [0.29, 0.717) is 0 Å². The van der Waals surface area contributed by atoms with Crippen molar-refractivity contribution in [3.8, 4) is 0 Å². The van der Waals surface area contributed by atoms with Gasteiger partial charge >= 0.3 is 0 Å². The third kappa shape index (κ3) is 3.83. The number of nitrogens with zero attached hydrogens (tertiary/aromatic N) is 1. The highest BCUT2D eigenvalue weighted by atomic mass is 15.1. The van der Waals surface area contributed by atoms with Crippen LogP contribution in [-0.4, -0.2) is 19.0 Å². The summed E-state index contributed by atoms with van der Waals surface area (Å²) in [6.45, 7) is 4.10. The van der Waals surface area contributed by atoms with E-state index in [4.69, 9.17) is 0 Å². The van der Waals surface area contributed by atoms with Crippen LogP contribution in [0, 0.1) is 0 Å². The molecule has 0 amide bonds. The molecule has 0 bridgehead atoms. The van der Waals surface area contributed by atoms with Gasteiger partial charge in [0.05, 0.1) is 0 Å². The Bertz CT molecular complexity index is 121. The van der Waals surface area contributed by atoms with Crippen molar-refractivity contribution < 1.29 is 0 Å². The van der Waals surface area contributed by atoms with Crippen molar-refractivity contribution >= 4 is 0 Å². The zero-order chi connectivity index (χ0) is 7.28. The predicted molar refractivity (Wildman–Crippen MR) is 42.3 cm³/mol. The molecule has 1 heteroatoms. The van der Waals surface area contributed by atoms with Gasteiger partial charge < -0.3 is 4.90 Å². The fourth-order valence-electron chi connectivity index (χ4n) is 0.385. The molecule has 0 aliphatic rings. The van der Waals surface area contributed by atoms with Gasteiger partial charge in [-0.1, -0.05) is 12.2 Å². The molecule has 0 saturated carbocycles. The van der Waals surface area contributed by atoms with Crippen LogP contribution >= 0.6 is 0 Å². The summed E-state index contributed by atoms with van der Waals surface area (Å²) in [6, 6.07) is 0. The van der Waals surface area contributed by atoms with Gasteiger partial charge in [0.15, 0.2) is 0 Å². The molecule has 0 radical (unpaired) electrons. The summed E-state index contributed by atoms with van der Waals surface area (Å²) in [5, 5.41) is 0. The second-order valence-electron chi connectivity index (χ2n) is 2.23. The molecule has 52 valence electrons. The van der Waals surface area contributed by atoms with Crippen LogP contribution < -0.4 is 0 Å². The standard InChI is InChI=1S/C8H15N/c1-5-6-7-8(2)9(3)4/h5-7H,1-4H3/b6-5-,8-7+. The molecule has 0 aliphatic heterocycles. The third-order valence-corrected chi connectivity index (χ3v) is 1.24. The molecule has 0 rings (SSSR count).